The summed E-state index contributed by atoms with van der Waals surface area (Å²) in [6.07, 6.45) is 0. The van der Waals surface area contributed by atoms with E-state index in [1.54, 1.807) is 7.11 Å². The number of carbonyl (C=O) groups is 1. The first kappa shape index (κ1) is 18.0. The van der Waals surface area contributed by atoms with Crippen molar-refractivity contribution in [2.45, 2.75) is 33.1 Å². The second kappa shape index (κ2) is 7.02. The molecule has 1 aromatic rings. The normalized spacial score (nSPS) is 17.3. The van der Waals surface area contributed by atoms with Gasteiger partial charge in [0.25, 0.3) is 0 Å². The number of hydrogen-bond donors (Lipinski definition) is 0. The maximum Gasteiger partial charge on any atom is 0.177 e. The summed E-state index contributed by atoms with van der Waals surface area (Å²) in [4.78, 5) is 17.4. The monoisotopic (exact) mass is 318 g/mol. The number of carbonyl (C=O) groups excluding carboxylic acids is 1. The minimum Gasteiger partial charge on any atom is -0.496 e. The quantitative estimate of drug-likeness (QED) is 0.799. The minimum absolute atomic E-state index is 0.0537. The molecule has 1 fully saturated rings. The van der Waals surface area contributed by atoms with Crippen LogP contribution in [0.1, 0.15) is 42.3 Å². The van der Waals surface area contributed by atoms with Crippen molar-refractivity contribution >= 4 is 5.78 Å². The molecule has 1 heterocycles. The zero-order valence-corrected chi connectivity index (χ0v) is 15.4. The molecule has 4 nitrogen and oxygen atoms in total. The summed E-state index contributed by atoms with van der Waals surface area (Å²) in [5.74, 6) is 1.08. The van der Waals surface area contributed by atoms with Crippen LogP contribution in [0.4, 0.5) is 0 Å². The van der Waals surface area contributed by atoms with Gasteiger partial charge in [-0.15, -0.1) is 0 Å². The van der Waals surface area contributed by atoms with Crippen molar-refractivity contribution in [3.05, 3.63) is 28.8 Å². The molecule has 0 unspecified atom stereocenters. The Morgan fingerprint density at radius 2 is 1.78 bits per heavy atom. The van der Waals surface area contributed by atoms with Crippen LogP contribution in [0.15, 0.2) is 12.1 Å². The van der Waals surface area contributed by atoms with Gasteiger partial charge in [-0.25, -0.2) is 0 Å². The summed E-state index contributed by atoms with van der Waals surface area (Å²) >= 11 is 0. The molecule has 1 aromatic carbocycles. The standard InChI is InChI=1S/C19H30N2O2/c1-14-11-18(23-6)16(19(2,3)4)12-15(14)17(22)13-21-9-7-20(5)8-10-21/h11-12H,7-10,13H2,1-6H3. The molecule has 128 valence electrons. The molecular formula is C19H30N2O2. The van der Waals surface area contributed by atoms with E-state index < -0.39 is 0 Å². The number of rotatable bonds is 4. The van der Waals surface area contributed by atoms with Crippen LogP contribution in [0.2, 0.25) is 0 Å². The number of hydrogen-bond acceptors (Lipinski definition) is 4. The van der Waals surface area contributed by atoms with Crippen LogP contribution in [0, 0.1) is 6.92 Å². The van der Waals surface area contributed by atoms with Crippen molar-refractivity contribution in [1.82, 2.24) is 9.80 Å². The van der Waals surface area contributed by atoms with Crippen LogP contribution >= 0.6 is 0 Å². The average molecular weight is 318 g/mol. The Morgan fingerprint density at radius 3 is 2.30 bits per heavy atom. The summed E-state index contributed by atoms with van der Waals surface area (Å²) in [6.45, 7) is 12.9. The third-order valence-electron chi connectivity index (χ3n) is 4.62. The van der Waals surface area contributed by atoms with E-state index in [4.69, 9.17) is 4.74 Å². The highest BCUT2D eigenvalue weighted by Gasteiger charge is 2.24. The first-order chi connectivity index (χ1) is 10.7. The van der Waals surface area contributed by atoms with Crippen LogP contribution in [-0.4, -0.2) is 62.5 Å². The Bertz CT molecular complexity index is 567. The summed E-state index contributed by atoms with van der Waals surface area (Å²) in [5, 5.41) is 0. The predicted molar refractivity (Wildman–Crippen MR) is 94.7 cm³/mol. The Hall–Kier alpha value is -1.39. The maximum absolute atomic E-state index is 12.8. The molecule has 0 aliphatic carbocycles. The largest absolute Gasteiger partial charge is 0.496 e. The van der Waals surface area contributed by atoms with Crippen molar-refractivity contribution in [1.29, 1.82) is 0 Å². The van der Waals surface area contributed by atoms with Crippen LogP contribution in [0.3, 0.4) is 0 Å². The fraction of sp³-hybridized carbons (Fsp3) is 0.632. The molecule has 0 atom stereocenters. The molecule has 1 aliphatic heterocycles. The molecule has 0 bridgehead atoms. The smallest absolute Gasteiger partial charge is 0.177 e. The van der Waals surface area contributed by atoms with Crippen molar-refractivity contribution in [3.8, 4) is 5.75 Å². The number of methoxy groups -OCH3 is 1. The third-order valence-corrected chi connectivity index (χ3v) is 4.62. The van der Waals surface area contributed by atoms with E-state index in [0.29, 0.717) is 6.54 Å². The molecule has 0 radical (unpaired) electrons. The first-order valence-corrected chi connectivity index (χ1v) is 8.35. The van der Waals surface area contributed by atoms with Gasteiger partial charge in [-0.2, -0.15) is 0 Å². The highest BCUT2D eigenvalue weighted by molar-refractivity contribution is 5.99. The average Bonchev–Trinajstić information content (AvgIpc) is 2.47. The lowest BCUT2D eigenvalue weighted by atomic mass is 9.83. The third kappa shape index (κ3) is 4.33. The molecule has 1 aliphatic rings. The van der Waals surface area contributed by atoms with Gasteiger partial charge >= 0.3 is 0 Å². The van der Waals surface area contributed by atoms with Crippen molar-refractivity contribution in [2.24, 2.45) is 0 Å². The molecule has 1 saturated heterocycles. The lowest BCUT2D eigenvalue weighted by molar-refractivity contribution is 0.0875. The number of nitrogens with zero attached hydrogens (tertiary/aromatic N) is 2. The number of Topliss-reactive ketones (excluding diaryl/α,β-unsaturated/α-hetero) is 1. The molecule has 4 heteroatoms. The van der Waals surface area contributed by atoms with Gasteiger partial charge in [0.1, 0.15) is 5.75 Å². The van der Waals surface area contributed by atoms with Crippen molar-refractivity contribution < 1.29 is 9.53 Å². The molecule has 0 amide bonds. The van der Waals surface area contributed by atoms with E-state index in [2.05, 4.69) is 37.6 Å². The number of piperazine rings is 1. The Balaban J connectivity index is 2.23. The zero-order valence-electron chi connectivity index (χ0n) is 15.4. The summed E-state index contributed by atoms with van der Waals surface area (Å²) < 4.78 is 5.52. The molecule has 0 saturated carbocycles. The highest BCUT2D eigenvalue weighted by atomic mass is 16.5. The molecule has 0 N–H and O–H groups in total. The number of ether oxygens (including phenoxy) is 1. The van der Waals surface area contributed by atoms with Gasteiger partial charge in [-0.05, 0) is 37.1 Å². The Labute approximate surface area is 140 Å². The van der Waals surface area contributed by atoms with Gasteiger partial charge in [-0.1, -0.05) is 20.8 Å². The maximum atomic E-state index is 12.8. The number of aryl methyl sites for hydroxylation is 1. The fourth-order valence-corrected chi connectivity index (χ4v) is 3.03. The van der Waals surface area contributed by atoms with Crippen LogP contribution in [0.25, 0.3) is 0 Å². The topological polar surface area (TPSA) is 32.8 Å². The molecule has 0 aromatic heterocycles. The molecule has 0 spiro atoms. The van der Waals surface area contributed by atoms with Gasteiger partial charge in [0.2, 0.25) is 0 Å². The fourth-order valence-electron chi connectivity index (χ4n) is 3.03. The van der Waals surface area contributed by atoms with Crippen LogP contribution < -0.4 is 4.74 Å². The highest BCUT2D eigenvalue weighted by Crippen LogP contribution is 2.33. The number of benzene rings is 1. The lowest BCUT2D eigenvalue weighted by Gasteiger charge is -2.32. The number of ketones is 1. The van der Waals surface area contributed by atoms with Gasteiger partial charge < -0.3 is 9.64 Å². The molecular weight excluding hydrogens is 288 g/mol. The SMILES string of the molecule is COc1cc(C)c(C(=O)CN2CCN(C)CC2)cc1C(C)(C)C. The van der Waals surface area contributed by atoms with E-state index in [1.807, 2.05) is 19.1 Å². The Kier molecular flexibility index (Phi) is 5.48. The second-order valence-corrected chi connectivity index (χ2v) is 7.62. The van der Waals surface area contributed by atoms with Crippen molar-refractivity contribution in [2.75, 3.05) is 46.9 Å². The predicted octanol–water partition coefficient (Wildman–Crippen LogP) is 2.73. The van der Waals surface area contributed by atoms with E-state index in [0.717, 1.165) is 48.6 Å². The summed E-state index contributed by atoms with van der Waals surface area (Å²) in [6, 6.07) is 4.03. The van der Waals surface area contributed by atoms with Crippen LogP contribution in [-0.2, 0) is 5.41 Å². The lowest BCUT2D eigenvalue weighted by Crippen LogP contribution is -2.46. The van der Waals surface area contributed by atoms with Gasteiger partial charge in [0.15, 0.2) is 5.78 Å². The first-order valence-electron chi connectivity index (χ1n) is 8.35. The van der Waals surface area contributed by atoms with Gasteiger partial charge in [0, 0.05) is 37.3 Å². The summed E-state index contributed by atoms with van der Waals surface area (Å²) in [5.41, 5.74) is 2.86. The summed E-state index contributed by atoms with van der Waals surface area (Å²) in [7, 11) is 3.82. The minimum atomic E-state index is -0.0537. The second-order valence-electron chi connectivity index (χ2n) is 7.62. The van der Waals surface area contributed by atoms with E-state index in [9.17, 15) is 4.79 Å². The van der Waals surface area contributed by atoms with Gasteiger partial charge in [-0.3, -0.25) is 9.69 Å². The molecule has 2 rings (SSSR count). The number of likely N-dealkylation sites (N-methyl/N-ethyl adjacent to an activating group) is 1. The zero-order chi connectivity index (χ0) is 17.2. The van der Waals surface area contributed by atoms with Crippen LogP contribution in [0.5, 0.6) is 5.75 Å². The van der Waals surface area contributed by atoms with E-state index in [1.165, 1.54) is 0 Å². The van der Waals surface area contributed by atoms with Crippen molar-refractivity contribution in [3.63, 3.8) is 0 Å². The molecule has 23 heavy (non-hydrogen) atoms. The Morgan fingerprint density at radius 1 is 1.17 bits per heavy atom. The van der Waals surface area contributed by atoms with Gasteiger partial charge in [0.05, 0.1) is 13.7 Å². The van der Waals surface area contributed by atoms with E-state index >= 15 is 0 Å². The van der Waals surface area contributed by atoms with E-state index in [-0.39, 0.29) is 11.2 Å².